The molecular weight excluding hydrogens is 228 g/mol. The van der Waals surface area contributed by atoms with Crippen molar-refractivity contribution in [2.45, 2.75) is 76.8 Å². The maximum absolute atomic E-state index is 12.3. The van der Waals surface area contributed by atoms with E-state index in [4.69, 9.17) is 4.74 Å². The third-order valence-corrected chi connectivity index (χ3v) is 3.99. The summed E-state index contributed by atoms with van der Waals surface area (Å²) in [4.78, 5) is 14.1. The van der Waals surface area contributed by atoms with Crippen LogP contribution in [0.4, 0.5) is 0 Å². The van der Waals surface area contributed by atoms with Gasteiger partial charge < -0.3 is 15.0 Å². The van der Waals surface area contributed by atoms with E-state index in [0.717, 1.165) is 12.8 Å². The molecule has 1 N–H and O–H groups in total. The van der Waals surface area contributed by atoms with Gasteiger partial charge in [-0.25, -0.2) is 0 Å². The molecule has 2 saturated heterocycles. The summed E-state index contributed by atoms with van der Waals surface area (Å²) >= 11 is 0. The molecule has 0 saturated carbocycles. The van der Waals surface area contributed by atoms with Crippen molar-refractivity contribution in [3.63, 3.8) is 0 Å². The predicted octanol–water partition coefficient (Wildman–Crippen LogP) is 1.89. The average Bonchev–Trinajstić information content (AvgIpc) is 2.21. The molecule has 4 heteroatoms. The maximum atomic E-state index is 12.3. The molecule has 1 spiro atoms. The highest BCUT2D eigenvalue weighted by Crippen LogP contribution is 2.46. The van der Waals surface area contributed by atoms with Crippen molar-refractivity contribution in [1.82, 2.24) is 10.2 Å². The molecule has 0 aromatic heterocycles. The summed E-state index contributed by atoms with van der Waals surface area (Å²) in [5, 5.41) is 3.63. The Balaban J connectivity index is 2.40. The number of ether oxygens (including phenoxy) is 1. The normalized spacial score (nSPS) is 31.9. The Bertz CT molecular complexity index is 369. The second-order valence-corrected chi connectivity index (χ2v) is 7.67. The minimum absolute atomic E-state index is 0.0449. The van der Waals surface area contributed by atoms with Crippen LogP contribution >= 0.6 is 0 Å². The minimum atomic E-state index is -0.710. The lowest BCUT2D eigenvalue weighted by molar-refractivity contribution is -0.171. The van der Waals surface area contributed by atoms with Gasteiger partial charge in [0.1, 0.15) is 11.3 Å². The predicted molar refractivity (Wildman–Crippen MR) is 71.2 cm³/mol. The summed E-state index contributed by atoms with van der Waals surface area (Å²) in [6.45, 7) is 12.4. The number of nitrogens with zero attached hydrogens (tertiary/aromatic N) is 1. The number of rotatable bonds is 0. The smallest absolute Gasteiger partial charge is 0.256 e. The maximum Gasteiger partial charge on any atom is 0.256 e. The van der Waals surface area contributed by atoms with Crippen LogP contribution in [0.3, 0.4) is 0 Å². The van der Waals surface area contributed by atoms with Crippen LogP contribution in [-0.4, -0.2) is 40.3 Å². The highest BCUT2D eigenvalue weighted by molar-refractivity contribution is 5.86. The van der Waals surface area contributed by atoms with Crippen LogP contribution in [0, 0.1) is 0 Å². The van der Waals surface area contributed by atoms with Crippen molar-refractivity contribution in [1.29, 1.82) is 0 Å². The highest BCUT2D eigenvalue weighted by Gasteiger charge is 2.60. The lowest BCUT2D eigenvalue weighted by atomic mass is 9.77. The van der Waals surface area contributed by atoms with Gasteiger partial charge in [-0.15, -0.1) is 0 Å². The van der Waals surface area contributed by atoms with Crippen LogP contribution in [0.1, 0.15) is 54.4 Å². The standard InChI is InChI=1S/C14H26N2O2/c1-11(2)8-14(9-12(3,4)15-11)16(7)10(17)13(5,6)18-14/h15H,8-9H2,1-7H3. The van der Waals surface area contributed by atoms with Crippen LogP contribution < -0.4 is 5.32 Å². The number of amides is 1. The Hall–Kier alpha value is -0.610. The zero-order chi connectivity index (χ0) is 14.0. The molecule has 0 aromatic carbocycles. The van der Waals surface area contributed by atoms with Crippen molar-refractivity contribution in [2.75, 3.05) is 7.05 Å². The Morgan fingerprint density at radius 2 is 1.50 bits per heavy atom. The van der Waals surface area contributed by atoms with E-state index >= 15 is 0 Å². The number of carbonyl (C=O) groups excluding carboxylic acids is 1. The van der Waals surface area contributed by atoms with Crippen molar-refractivity contribution < 1.29 is 9.53 Å². The monoisotopic (exact) mass is 254 g/mol. The van der Waals surface area contributed by atoms with E-state index in [1.807, 2.05) is 25.8 Å². The van der Waals surface area contributed by atoms with Crippen molar-refractivity contribution >= 4 is 5.91 Å². The van der Waals surface area contributed by atoms with Gasteiger partial charge in [-0.1, -0.05) is 0 Å². The SMILES string of the molecule is CN1C(=O)C(C)(C)OC12CC(C)(C)NC(C)(C)C2. The molecule has 2 heterocycles. The second kappa shape index (κ2) is 3.48. The van der Waals surface area contributed by atoms with Crippen LogP contribution in [0.25, 0.3) is 0 Å². The van der Waals surface area contributed by atoms with Gasteiger partial charge in [-0.2, -0.15) is 0 Å². The third-order valence-electron chi connectivity index (χ3n) is 3.99. The van der Waals surface area contributed by atoms with E-state index in [1.165, 1.54) is 0 Å². The fourth-order valence-corrected chi connectivity index (χ4v) is 3.93. The Morgan fingerprint density at radius 3 is 1.83 bits per heavy atom. The van der Waals surface area contributed by atoms with Gasteiger partial charge in [0.05, 0.1) is 0 Å². The third kappa shape index (κ3) is 2.05. The van der Waals surface area contributed by atoms with E-state index in [0.29, 0.717) is 0 Å². The van der Waals surface area contributed by atoms with E-state index in [9.17, 15) is 4.79 Å². The Labute approximate surface area is 110 Å². The summed E-state index contributed by atoms with van der Waals surface area (Å²) < 4.78 is 6.21. The molecular formula is C14H26N2O2. The molecule has 0 atom stereocenters. The second-order valence-electron chi connectivity index (χ2n) is 7.67. The molecule has 1 amide bonds. The van der Waals surface area contributed by atoms with Crippen LogP contribution in [0.2, 0.25) is 0 Å². The molecule has 0 radical (unpaired) electrons. The molecule has 2 rings (SSSR count). The molecule has 0 bridgehead atoms. The van der Waals surface area contributed by atoms with Crippen molar-refractivity contribution in [3.8, 4) is 0 Å². The fraction of sp³-hybridized carbons (Fsp3) is 0.929. The molecule has 0 aromatic rings. The summed E-state index contributed by atoms with van der Waals surface area (Å²) in [7, 11) is 1.87. The Morgan fingerprint density at radius 1 is 1.06 bits per heavy atom. The lowest BCUT2D eigenvalue weighted by Gasteiger charge is -2.53. The molecule has 0 aliphatic carbocycles. The quantitative estimate of drug-likeness (QED) is 0.718. The number of nitrogens with one attached hydrogen (secondary N) is 1. The molecule has 4 nitrogen and oxygen atoms in total. The number of carbonyl (C=O) groups is 1. The molecule has 2 aliphatic heterocycles. The first-order valence-corrected chi connectivity index (χ1v) is 6.67. The van der Waals surface area contributed by atoms with Gasteiger partial charge in [0.25, 0.3) is 5.91 Å². The summed E-state index contributed by atoms with van der Waals surface area (Å²) in [6, 6.07) is 0. The zero-order valence-corrected chi connectivity index (χ0v) is 12.7. The van der Waals surface area contributed by atoms with Gasteiger partial charge in [0, 0.05) is 31.0 Å². The highest BCUT2D eigenvalue weighted by atomic mass is 16.6. The van der Waals surface area contributed by atoms with Gasteiger partial charge in [-0.3, -0.25) is 4.79 Å². The fourth-order valence-electron chi connectivity index (χ4n) is 3.93. The van der Waals surface area contributed by atoms with E-state index < -0.39 is 11.3 Å². The number of hydrogen-bond acceptors (Lipinski definition) is 3. The lowest BCUT2D eigenvalue weighted by Crippen LogP contribution is -2.66. The number of hydrogen-bond donors (Lipinski definition) is 1. The van der Waals surface area contributed by atoms with Gasteiger partial charge in [0.15, 0.2) is 0 Å². The number of likely N-dealkylation sites (N-methyl/N-ethyl adjacent to an activating group) is 1. The first-order chi connectivity index (χ1) is 7.89. The first-order valence-electron chi connectivity index (χ1n) is 6.67. The summed E-state index contributed by atoms with van der Waals surface area (Å²) in [6.07, 6.45) is 1.63. The van der Waals surface area contributed by atoms with Gasteiger partial charge in [-0.05, 0) is 41.5 Å². The minimum Gasteiger partial charge on any atom is -0.340 e. The number of piperidine rings is 1. The van der Waals surface area contributed by atoms with Gasteiger partial charge in [0.2, 0.25) is 0 Å². The first kappa shape index (κ1) is 13.8. The van der Waals surface area contributed by atoms with E-state index in [-0.39, 0.29) is 17.0 Å². The molecule has 104 valence electrons. The average molecular weight is 254 g/mol. The topological polar surface area (TPSA) is 41.6 Å². The summed E-state index contributed by atoms with van der Waals surface area (Å²) in [5.41, 5.74) is -1.27. The Kier molecular flexibility index (Phi) is 2.67. The molecule has 0 unspecified atom stereocenters. The summed E-state index contributed by atoms with van der Waals surface area (Å²) in [5.74, 6) is 0.0796. The largest absolute Gasteiger partial charge is 0.340 e. The van der Waals surface area contributed by atoms with Gasteiger partial charge >= 0.3 is 0 Å². The molecule has 2 fully saturated rings. The molecule has 2 aliphatic rings. The van der Waals surface area contributed by atoms with Crippen molar-refractivity contribution in [3.05, 3.63) is 0 Å². The van der Waals surface area contributed by atoms with E-state index in [2.05, 4.69) is 33.0 Å². The van der Waals surface area contributed by atoms with Crippen molar-refractivity contribution in [2.24, 2.45) is 0 Å². The van der Waals surface area contributed by atoms with Crippen LogP contribution in [0.5, 0.6) is 0 Å². The van der Waals surface area contributed by atoms with E-state index in [1.54, 1.807) is 0 Å². The van der Waals surface area contributed by atoms with Crippen LogP contribution in [0.15, 0.2) is 0 Å². The zero-order valence-electron chi connectivity index (χ0n) is 12.7. The van der Waals surface area contributed by atoms with Crippen LogP contribution in [-0.2, 0) is 9.53 Å². The molecule has 18 heavy (non-hydrogen) atoms.